The van der Waals surface area contributed by atoms with Gasteiger partial charge in [-0.2, -0.15) is 0 Å². The first-order valence-corrected chi connectivity index (χ1v) is 7.87. The SMILES string of the molecule is CN=C(NCc1ccccc1)NCC(OC)c1cccc(Cl)c1.I. The number of ether oxygens (including phenoxy) is 1. The predicted octanol–water partition coefficient (Wildman–Crippen LogP) is 4.01. The van der Waals surface area contributed by atoms with Crippen LogP contribution in [-0.4, -0.2) is 26.7 Å². The largest absolute Gasteiger partial charge is 0.375 e. The van der Waals surface area contributed by atoms with E-state index in [1.54, 1.807) is 14.2 Å². The van der Waals surface area contributed by atoms with E-state index in [4.69, 9.17) is 16.3 Å². The van der Waals surface area contributed by atoms with E-state index in [1.165, 1.54) is 5.56 Å². The molecule has 2 aromatic carbocycles. The minimum absolute atomic E-state index is 0. The summed E-state index contributed by atoms with van der Waals surface area (Å²) < 4.78 is 5.55. The van der Waals surface area contributed by atoms with E-state index < -0.39 is 0 Å². The molecule has 24 heavy (non-hydrogen) atoms. The summed E-state index contributed by atoms with van der Waals surface area (Å²) in [7, 11) is 3.44. The average Bonchev–Trinajstić information content (AvgIpc) is 2.59. The van der Waals surface area contributed by atoms with Gasteiger partial charge in [-0.15, -0.1) is 24.0 Å². The zero-order valence-corrected chi connectivity index (χ0v) is 16.9. The normalized spacial score (nSPS) is 12.2. The third-order valence-corrected chi connectivity index (χ3v) is 3.72. The van der Waals surface area contributed by atoms with Crippen molar-refractivity contribution in [3.8, 4) is 0 Å². The van der Waals surface area contributed by atoms with Gasteiger partial charge in [-0.25, -0.2) is 0 Å². The standard InChI is InChI=1S/C18H22ClN3O.HI/c1-20-18(21-12-14-7-4-3-5-8-14)22-13-17(23-2)15-9-6-10-16(19)11-15;/h3-11,17H,12-13H2,1-2H3,(H2,20,21,22);1H. The molecule has 0 aliphatic carbocycles. The highest BCUT2D eigenvalue weighted by Gasteiger charge is 2.11. The van der Waals surface area contributed by atoms with Crippen LogP contribution in [0, 0.1) is 0 Å². The molecule has 0 aliphatic heterocycles. The molecule has 1 atom stereocenters. The van der Waals surface area contributed by atoms with Crippen LogP contribution in [0.5, 0.6) is 0 Å². The second kappa shape index (κ2) is 11.3. The summed E-state index contributed by atoms with van der Waals surface area (Å²) in [5.74, 6) is 0.734. The Balaban J connectivity index is 0.00000288. The topological polar surface area (TPSA) is 45.7 Å². The minimum atomic E-state index is -0.0935. The molecule has 0 saturated carbocycles. The molecule has 0 bridgehead atoms. The van der Waals surface area contributed by atoms with Gasteiger partial charge >= 0.3 is 0 Å². The molecular formula is C18H23ClIN3O. The van der Waals surface area contributed by atoms with Crippen LogP contribution in [0.1, 0.15) is 17.2 Å². The van der Waals surface area contributed by atoms with E-state index in [0.717, 1.165) is 18.1 Å². The van der Waals surface area contributed by atoms with Gasteiger partial charge in [0.1, 0.15) is 0 Å². The Labute approximate surface area is 165 Å². The number of aliphatic imine (C=N–C) groups is 1. The fourth-order valence-electron chi connectivity index (χ4n) is 2.24. The highest BCUT2D eigenvalue weighted by Crippen LogP contribution is 2.19. The van der Waals surface area contributed by atoms with Gasteiger partial charge in [0, 0.05) is 32.3 Å². The Morgan fingerprint density at radius 3 is 2.50 bits per heavy atom. The Hall–Kier alpha value is -1.31. The van der Waals surface area contributed by atoms with Gasteiger partial charge in [-0.3, -0.25) is 4.99 Å². The summed E-state index contributed by atoms with van der Waals surface area (Å²) in [6.07, 6.45) is -0.0935. The van der Waals surface area contributed by atoms with Crippen molar-refractivity contribution in [2.24, 2.45) is 4.99 Å². The molecule has 0 aliphatic rings. The molecule has 0 saturated heterocycles. The van der Waals surface area contributed by atoms with E-state index in [2.05, 4.69) is 27.8 Å². The first-order chi connectivity index (χ1) is 11.2. The zero-order chi connectivity index (χ0) is 16.5. The molecule has 2 N–H and O–H groups in total. The van der Waals surface area contributed by atoms with Gasteiger partial charge in [0.15, 0.2) is 5.96 Å². The van der Waals surface area contributed by atoms with Crippen LogP contribution in [0.3, 0.4) is 0 Å². The van der Waals surface area contributed by atoms with E-state index in [0.29, 0.717) is 11.6 Å². The lowest BCUT2D eigenvalue weighted by atomic mass is 10.1. The maximum Gasteiger partial charge on any atom is 0.191 e. The molecule has 130 valence electrons. The molecule has 6 heteroatoms. The first kappa shape index (κ1) is 20.7. The zero-order valence-electron chi connectivity index (χ0n) is 13.8. The average molecular weight is 460 g/mol. The molecular weight excluding hydrogens is 437 g/mol. The first-order valence-electron chi connectivity index (χ1n) is 7.49. The molecule has 2 aromatic rings. The number of halogens is 2. The van der Waals surface area contributed by atoms with Gasteiger partial charge in [-0.1, -0.05) is 54.1 Å². The Morgan fingerprint density at radius 1 is 1.12 bits per heavy atom. The van der Waals surface area contributed by atoms with Gasteiger partial charge in [0.2, 0.25) is 0 Å². The third-order valence-electron chi connectivity index (χ3n) is 3.49. The van der Waals surface area contributed by atoms with Crippen molar-refractivity contribution in [3.63, 3.8) is 0 Å². The highest BCUT2D eigenvalue weighted by atomic mass is 127. The number of guanidine groups is 1. The summed E-state index contributed by atoms with van der Waals surface area (Å²) in [5, 5.41) is 7.27. The van der Waals surface area contributed by atoms with Crippen LogP contribution in [0.4, 0.5) is 0 Å². The predicted molar refractivity (Wildman–Crippen MR) is 111 cm³/mol. The molecule has 0 aromatic heterocycles. The molecule has 0 radical (unpaired) electrons. The molecule has 0 amide bonds. The van der Waals surface area contributed by atoms with Crippen LogP contribution in [0.25, 0.3) is 0 Å². The lowest BCUT2D eigenvalue weighted by Gasteiger charge is -2.19. The van der Waals surface area contributed by atoms with Crippen LogP contribution < -0.4 is 10.6 Å². The van der Waals surface area contributed by atoms with E-state index >= 15 is 0 Å². The summed E-state index contributed by atoms with van der Waals surface area (Å²) in [4.78, 5) is 4.23. The fourth-order valence-corrected chi connectivity index (χ4v) is 2.43. The number of methoxy groups -OCH3 is 1. The lowest BCUT2D eigenvalue weighted by Crippen LogP contribution is -2.39. The number of nitrogens with zero attached hydrogens (tertiary/aromatic N) is 1. The van der Waals surface area contributed by atoms with Crippen molar-refractivity contribution in [1.82, 2.24) is 10.6 Å². The minimum Gasteiger partial charge on any atom is -0.375 e. The monoisotopic (exact) mass is 459 g/mol. The van der Waals surface area contributed by atoms with E-state index in [-0.39, 0.29) is 30.1 Å². The van der Waals surface area contributed by atoms with E-state index in [9.17, 15) is 0 Å². The molecule has 0 spiro atoms. The number of nitrogens with one attached hydrogen (secondary N) is 2. The molecule has 2 rings (SSSR count). The number of rotatable bonds is 6. The molecule has 0 heterocycles. The van der Waals surface area contributed by atoms with Crippen molar-refractivity contribution in [2.45, 2.75) is 12.6 Å². The lowest BCUT2D eigenvalue weighted by molar-refractivity contribution is 0.106. The smallest absolute Gasteiger partial charge is 0.191 e. The van der Waals surface area contributed by atoms with Gasteiger partial charge in [0.25, 0.3) is 0 Å². The molecule has 4 nitrogen and oxygen atoms in total. The van der Waals surface area contributed by atoms with Gasteiger partial charge < -0.3 is 15.4 Å². The van der Waals surface area contributed by atoms with Crippen LogP contribution in [0.2, 0.25) is 5.02 Å². The van der Waals surface area contributed by atoms with Crippen molar-refractivity contribution >= 4 is 41.5 Å². The number of hydrogen-bond donors (Lipinski definition) is 2. The van der Waals surface area contributed by atoms with Crippen LogP contribution >= 0.6 is 35.6 Å². The van der Waals surface area contributed by atoms with Gasteiger partial charge in [-0.05, 0) is 23.3 Å². The van der Waals surface area contributed by atoms with Gasteiger partial charge in [0.05, 0.1) is 6.10 Å². The summed E-state index contributed by atoms with van der Waals surface area (Å²) in [6, 6.07) is 17.9. The quantitative estimate of drug-likeness (QED) is 0.390. The number of benzene rings is 2. The second-order valence-electron chi connectivity index (χ2n) is 5.07. The fraction of sp³-hybridized carbons (Fsp3) is 0.278. The summed E-state index contributed by atoms with van der Waals surface area (Å²) in [6.45, 7) is 1.32. The second-order valence-corrected chi connectivity index (χ2v) is 5.51. The Kier molecular flexibility index (Phi) is 9.75. The summed E-state index contributed by atoms with van der Waals surface area (Å²) >= 11 is 6.04. The number of hydrogen-bond acceptors (Lipinski definition) is 2. The Bertz CT molecular complexity index is 637. The van der Waals surface area contributed by atoms with Crippen molar-refractivity contribution in [3.05, 3.63) is 70.7 Å². The van der Waals surface area contributed by atoms with Crippen molar-refractivity contribution in [2.75, 3.05) is 20.7 Å². The third kappa shape index (κ3) is 6.67. The molecule has 0 fully saturated rings. The van der Waals surface area contributed by atoms with E-state index in [1.807, 2.05) is 42.5 Å². The van der Waals surface area contributed by atoms with Crippen molar-refractivity contribution < 1.29 is 4.74 Å². The Morgan fingerprint density at radius 2 is 1.88 bits per heavy atom. The van der Waals surface area contributed by atoms with Crippen LogP contribution in [0.15, 0.2) is 59.6 Å². The van der Waals surface area contributed by atoms with Crippen molar-refractivity contribution in [1.29, 1.82) is 0 Å². The molecule has 1 unspecified atom stereocenters. The summed E-state index contributed by atoms with van der Waals surface area (Å²) in [5.41, 5.74) is 2.24. The van der Waals surface area contributed by atoms with Crippen LogP contribution in [-0.2, 0) is 11.3 Å². The maximum atomic E-state index is 6.04. The highest BCUT2D eigenvalue weighted by molar-refractivity contribution is 14.0. The maximum absolute atomic E-state index is 6.04.